The van der Waals surface area contributed by atoms with Crippen molar-refractivity contribution in [1.29, 1.82) is 0 Å². The van der Waals surface area contributed by atoms with Crippen molar-refractivity contribution in [3.8, 4) is 11.5 Å². The molecule has 0 spiro atoms. The van der Waals surface area contributed by atoms with E-state index >= 15 is 0 Å². The molecule has 0 aliphatic rings. The van der Waals surface area contributed by atoms with Gasteiger partial charge in [-0.2, -0.15) is 0 Å². The molecule has 0 fully saturated rings. The lowest BCUT2D eigenvalue weighted by Gasteiger charge is -2.10. The summed E-state index contributed by atoms with van der Waals surface area (Å²) in [6.45, 7) is 0. The number of nitrogens with one attached hydrogen (secondary N) is 2. The molecule has 0 heterocycles. The smallest absolute Gasteiger partial charge is 0.323 e. The number of phenols is 1. The molecule has 0 radical (unpaired) electrons. The molecular formula is C14H14N2O3. The fourth-order valence-corrected chi connectivity index (χ4v) is 1.55. The van der Waals surface area contributed by atoms with Crippen molar-refractivity contribution < 1.29 is 14.6 Å². The Hall–Kier alpha value is -2.69. The van der Waals surface area contributed by atoms with Crippen molar-refractivity contribution in [2.45, 2.75) is 0 Å². The zero-order valence-corrected chi connectivity index (χ0v) is 10.4. The van der Waals surface area contributed by atoms with Gasteiger partial charge in [-0.15, -0.1) is 0 Å². The Morgan fingerprint density at radius 2 is 1.84 bits per heavy atom. The zero-order chi connectivity index (χ0) is 13.7. The maximum absolute atomic E-state index is 11.7. The molecule has 0 unspecified atom stereocenters. The molecule has 2 rings (SSSR count). The van der Waals surface area contributed by atoms with Crippen LogP contribution in [-0.4, -0.2) is 18.2 Å². The molecule has 0 aromatic heterocycles. The number of rotatable bonds is 3. The first kappa shape index (κ1) is 12.8. The molecule has 0 bridgehead atoms. The first-order valence-electron chi connectivity index (χ1n) is 5.69. The van der Waals surface area contributed by atoms with Crippen LogP contribution in [-0.2, 0) is 0 Å². The Balaban J connectivity index is 2.03. The summed E-state index contributed by atoms with van der Waals surface area (Å²) < 4.78 is 4.96. The summed E-state index contributed by atoms with van der Waals surface area (Å²) in [7, 11) is 1.50. The topological polar surface area (TPSA) is 70.6 Å². The molecule has 5 heteroatoms. The Bertz CT molecular complexity index is 570. The van der Waals surface area contributed by atoms with Crippen LogP contribution in [0.25, 0.3) is 0 Å². The summed E-state index contributed by atoms with van der Waals surface area (Å²) in [4.78, 5) is 11.7. The number of hydrogen-bond acceptors (Lipinski definition) is 3. The third-order valence-electron chi connectivity index (χ3n) is 2.48. The van der Waals surface area contributed by atoms with Gasteiger partial charge in [0.25, 0.3) is 0 Å². The highest BCUT2D eigenvalue weighted by molar-refractivity contribution is 6.00. The third kappa shape index (κ3) is 3.38. The minimum atomic E-state index is -0.424. The number of benzene rings is 2. The Kier molecular flexibility index (Phi) is 3.87. The molecule has 0 aliphatic heterocycles. The zero-order valence-electron chi connectivity index (χ0n) is 10.4. The molecule has 0 aliphatic carbocycles. The normalized spacial score (nSPS) is 9.74. The number of urea groups is 1. The number of carbonyl (C=O) groups is 1. The van der Waals surface area contributed by atoms with Crippen LogP contribution in [0.2, 0.25) is 0 Å². The second-order valence-electron chi connectivity index (χ2n) is 3.83. The van der Waals surface area contributed by atoms with Crippen molar-refractivity contribution in [2.24, 2.45) is 0 Å². The number of ether oxygens (including phenoxy) is 1. The van der Waals surface area contributed by atoms with E-state index < -0.39 is 6.03 Å². The number of anilines is 2. The average molecular weight is 258 g/mol. The molecule has 2 aromatic rings. The lowest BCUT2D eigenvalue weighted by molar-refractivity contribution is 0.262. The summed E-state index contributed by atoms with van der Waals surface area (Å²) in [5.74, 6) is 0.467. The van der Waals surface area contributed by atoms with Crippen LogP contribution in [0.3, 0.4) is 0 Å². The molecule has 3 N–H and O–H groups in total. The maximum atomic E-state index is 11.7. The molecule has 2 amide bonds. The van der Waals surface area contributed by atoms with Crippen LogP contribution >= 0.6 is 0 Å². The Morgan fingerprint density at radius 3 is 2.47 bits per heavy atom. The van der Waals surface area contributed by atoms with E-state index in [1.165, 1.54) is 13.2 Å². The molecule has 5 nitrogen and oxygen atoms in total. The van der Waals surface area contributed by atoms with E-state index in [4.69, 9.17) is 4.74 Å². The number of methoxy groups -OCH3 is 1. The quantitative estimate of drug-likeness (QED) is 0.741. The van der Waals surface area contributed by atoms with Gasteiger partial charge in [0.1, 0.15) is 11.5 Å². The summed E-state index contributed by atoms with van der Waals surface area (Å²) in [5.41, 5.74) is 0.988. The Morgan fingerprint density at radius 1 is 1.11 bits per heavy atom. The van der Waals surface area contributed by atoms with Gasteiger partial charge < -0.3 is 20.5 Å². The number of phenolic OH excluding ortho intramolecular Hbond substituents is 1. The van der Waals surface area contributed by atoms with Gasteiger partial charge >= 0.3 is 6.03 Å². The van der Waals surface area contributed by atoms with Gasteiger partial charge in [0, 0.05) is 11.8 Å². The van der Waals surface area contributed by atoms with Gasteiger partial charge in [0.15, 0.2) is 0 Å². The predicted octanol–water partition coefficient (Wildman–Crippen LogP) is 3.04. The van der Waals surface area contributed by atoms with Crippen LogP contribution < -0.4 is 15.4 Å². The summed E-state index contributed by atoms with van der Waals surface area (Å²) >= 11 is 0. The first-order valence-corrected chi connectivity index (χ1v) is 5.69. The highest BCUT2D eigenvalue weighted by atomic mass is 16.5. The molecule has 19 heavy (non-hydrogen) atoms. The number of aromatic hydroxyl groups is 1. The van der Waals surface area contributed by atoms with E-state index in [1.807, 2.05) is 18.2 Å². The van der Waals surface area contributed by atoms with Gasteiger partial charge in [-0.3, -0.25) is 0 Å². The summed E-state index contributed by atoms with van der Waals surface area (Å²) in [5, 5.41) is 14.9. The van der Waals surface area contributed by atoms with E-state index in [1.54, 1.807) is 24.3 Å². The van der Waals surface area contributed by atoms with E-state index in [-0.39, 0.29) is 5.75 Å². The van der Waals surface area contributed by atoms with Gasteiger partial charge in [-0.05, 0) is 24.3 Å². The van der Waals surface area contributed by atoms with Gasteiger partial charge in [0.2, 0.25) is 0 Å². The Labute approximate surface area is 110 Å². The fourth-order valence-electron chi connectivity index (χ4n) is 1.55. The minimum absolute atomic E-state index is 0.0532. The van der Waals surface area contributed by atoms with Crippen molar-refractivity contribution in [3.63, 3.8) is 0 Å². The van der Waals surface area contributed by atoms with Gasteiger partial charge in [0.05, 0.1) is 12.8 Å². The standard InChI is InChI=1S/C14H14N2O3/c1-19-11-7-8-12(13(17)9-11)16-14(18)15-10-5-3-2-4-6-10/h2-9,17H,1H3,(H2,15,16,18). The predicted molar refractivity (Wildman–Crippen MR) is 73.7 cm³/mol. The second-order valence-corrected chi connectivity index (χ2v) is 3.83. The highest BCUT2D eigenvalue weighted by Gasteiger charge is 2.07. The number of hydrogen-bond donors (Lipinski definition) is 3. The summed E-state index contributed by atoms with van der Waals surface area (Å²) in [6, 6.07) is 13.3. The average Bonchev–Trinajstić information content (AvgIpc) is 2.42. The van der Waals surface area contributed by atoms with Crippen LogP contribution in [0.4, 0.5) is 16.2 Å². The molecule has 2 aromatic carbocycles. The van der Waals surface area contributed by atoms with Crippen molar-refractivity contribution in [3.05, 3.63) is 48.5 Å². The van der Waals surface area contributed by atoms with E-state index in [0.29, 0.717) is 17.1 Å². The van der Waals surface area contributed by atoms with Crippen molar-refractivity contribution in [2.75, 3.05) is 17.7 Å². The van der Waals surface area contributed by atoms with Crippen molar-refractivity contribution in [1.82, 2.24) is 0 Å². The first-order chi connectivity index (χ1) is 9.19. The highest BCUT2D eigenvalue weighted by Crippen LogP contribution is 2.27. The van der Waals surface area contributed by atoms with Gasteiger partial charge in [-0.1, -0.05) is 18.2 Å². The number of para-hydroxylation sites is 1. The van der Waals surface area contributed by atoms with E-state index in [9.17, 15) is 9.90 Å². The lowest BCUT2D eigenvalue weighted by Crippen LogP contribution is -2.19. The second kappa shape index (κ2) is 5.77. The molecule has 0 saturated heterocycles. The molecular weight excluding hydrogens is 244 g/mol. The van der Waals surface area contributed by atoms with Crippen LogP contribution in [0.15, 0.2) is 48.5 Å². The molecule has 0 atom stereocenters. The lowest BCUT2D eigenvalue weighted by atomic mass is 10.2. The number of amides is 2. The van der Waals surface area contributed by atoms with Crippen LogP contribution in [0.1, 0.15) is 0 Å². The maximum Gasteiger partial charge on any atom is 0.323 e. The van der Waals surface area contributed by atoms with Crippen LogP contribution in [0.5, 0.6) is 11.5 Å². The molecule has 98 valence electrons. The van der Waals surface area contributed by atoms with Crippen molar-refractivity contribution >= 4 is 17.4 Å². The molecule has 0 saturated carbocycles. The van der Waals surface area contributed by atoms with Crippen LogP contribution in [0, 0.1) is 0 Å². The SMILES string of the molecule is COc1ccc(NC(=O)Nc2ccccc2)c(O)c1. The largest absolute Gasteiger partial charge is 0.506 e. The van der Waals surface area contributed by atoms with E-state index in [2.05, 4.69) is 10.6 Å². The number of carbonyl (C=O) groups excluding carboxylic acids is 1. The van der Waals surface area contributed by atoms with Gasteiger partial charge in [-0.25, -0.2) is 4.79 Å². The summed E-state index contributed by atoms with van der Waals surface area (Å²) in [6.07, 6.45) is 0. The van der Waals surface area contributed by atoms with E-state index in [0.717, 1.165) is 0 Å². The minimum Gasteiger partial charge on any atom is -0.506 e. The monoisotopic (exact) mass is 258 g/mol. The third-order valence-corrected chi connectivity index (χ3v) is 2.48. The fraction of sp³-hybridized carbons (Fsp3) is 0.0714.